The molecule has 0 bridgehead atoms. The Kier molecular flexibility index (Phi) is 5.54. The summed E-state index contributed by atoms with van der Waals surface area (Å²) in [6.45, 7) is 0.0603. The van der Waals surface area contributed by atoms with Crippen LogP contribution < -0.4 is 0 Å². The first-order chi connectivity index (χ1) is 11.1. The van der Waals surface area contributed by atoms with E-state index in [1.807, 2.05) is 0 Å². The van der Waals surface area contributed by atoms with Gasteiger partial charge in [-0.3, -0.25) is 9.69 Å². The van der Waals surface area contributed by atoms with Crippen LogP contribution in [0.4, 0.5) is 13.2 Å². The number of hydrogen-bond donors (Lipinski definition) is 0. The lowest BCUT2D eigenvalue weighted by Gasteiger charge is -2.22. The Bertz CT molecular complexity index is 687. The van der Waals surface area contributed by atoms with Gasteiger partial charge in [0.1, 0.15) is 0 Å². The van der Waals surface area contributed by atoms with Crippen molar-refractivity contribution in [2.75, 3.05) is 39.0 Å². The minimum atomic E-state index is -4.25. The summed E-state index contributed by atoms with van der Waals surface area (Å²) in [6.07, 6.45) is -2.71. The van der Waals surface area contributed by atoms with E-state index in [0.29, 0.717) is 18.5 Å². The van der Waals surface area contributed by atoms with Crippen LogP contribution in [0, 0.1) is 0 Å². The smallest absolute Gasteiger partial charge is 0.337 e. The minimum Gasteiger partial charge on any atom is -0.337 e. The van der Waals surface area contributed by atoms with Gasteiger partial charge in [0.2, 0.25) is 0 Å². The average molecular weight is 364 g/mol. The number of alkyl halides is 3. The van der Waals surface area contributed by atoms with Crippen LogP contribution in [0.15, 0.2) is 29.2 Å². The lowest BCUT2D eigenvalue weighted by Crippen LogP contribution is -2.38. The van der Waals surface area contributed by atoms with Crippen molar-refractivity contribution in [1.29, 1.82) is 0 Å². The molecule has 0 atom stereocenters. The first-order valence-corrected chi connectivity index (χ1v) is 9.34. The summed E-state index contributed by atoms with van der Waals surface area (Å²) in [5, 5.41) is 0. The van der Waals surface area contributed by atoms with Gasteiger partial charge >= 0.3 is 6.18 Å². The fraction of sp³-hybridized carbons (Fsp3) is 0.533. The molecule has 24 heavy (non-hydrogen) atoms. The Labute approximate surface area is 139 Å². The van der Waals surface area contributed by atoms with E-state index in [1.54, 1.807) is 0 Å². The van der Waals surface area contributed by atoms with Gasteiger partial charge in [-0.1, -0.05) is 0 Å². The molecule has 134 valence electrons. The molecule has 0 aliphatic carbocycles. The van der Waals surface area contributed by atoms with Crippen LogP contribution in [0.5, 0.6) is 0 Å². The number of amides is 1. The maximum atomic E-state index is 12.5. The van der Waals surface area contributed by atoms with Crippen molar-refractivity contribution < 1.29 is 26.4 Å². The van der Waals surface area contributed by atoms with Crippen molar-refractivity contribution in [2.45, 2.75) is 17.5 Å². The van der Waals surface area contributed by atoms with E-state index in [9.17, 15) is 26.4 Å². The van der Waals surface area contributed by atoms with Gasteiger partial charge in [-0.25, -0.2) is 8.42 Å². The van der Waals surface area contributed by atoms with Crippen LogP contribution in [-0.2, 0) is 9.84 Å². The highest BCUT2D eigenvalue weighted by molar-refractivity contribution is 7.90. The van der Waals surface area contributed by atoms with Gasteiger partial charge in [0.05, 0.1) is 11.4 Å². The highest BCUT2D eigenvalue weighted by atomic mass is 32.2. The SMILES string of the molecule is CS(=O)(=O)c1ccc(C(=O)N2CCCN(CC(F)(F)F)CC2)cc1. The fourth-order valence-electron chi connectivity index (χ4n) is 2.61. The zero-order valence-corrected chi connectivity index (χ0v) is 14.0. The average Bonchev–Trinajstić information content (AvgIpc) is 2.69. The van der Waals surface area contributed by atoms with E-state index in [-0.39, 0.29) is 30.4 Å². The normalized spacial score (nSPS) is 17.6. The van der Waals surface area contributed by atoms with Crippen LogP contribution >= 0.6 is 0 Å². The predicted octanol–water partition coefficient (Wildman–Crippen LogP) is 1.80. The second-order valence-electron chi connectivity index (χ2n) is 5.83. The van der Waals surface area contributed by atoms with Crippen LogP contribution in [0.3, 0.4) is 0 Å². The lowest BCUT2D eigenvalue weighted by atomic mass is 10.2. The summed E-state index contributed by atoms with van der Waals surface area (Å²) in [6, 6.07) is 5.57. The lowest BCUT2D eigenvalue weighted by molar-refractivity contribution is -0.145. The molecule has 1 aromatic rings. The van der Waals surface area contributed by atoms with E-state index in [4.69, 9.17) is 0 Å². The Morgan fingerprint density at radius 1 is 1.08 bits per heavy atom. The molecule has 0 N–H and O–H groups in total. The maximum Gasteiger partial charge on any atom is 0.401 e. The topological polar surface area (TPSA) is 57.7 Å². The van der Waals surface area contributed by atoms with Crippen molar-refractivity contribution in [3.63, 3.8) is 0 Å². The third-order valence-corrected chi connectivity index (χ3v) is 4.94. The third-order valence-electron chi connectivity index (χ3n) is 3.81. The van der Waals surface area contributed by atoms with Gasteiger partial charge in [-0.15, -0.1) is 0 Å². The first-order valence-electron chi connectivity index (χ1n) is 7.45. The van der Waals surface area contributed by atoms with Gasteiger partial charge in [0.25, 0.3) is 5.91 Å². The molecular weight excluding hydrogens is 345 g/mol. The van der Waals surface area contributed by atoms with Crippen LogP contribution in [0.2, 0.25) is 0 Å². The monoisotopic (exact) mass is 364 g/mol. The number of rotatable bonds is 3. The molecule has 1 heterocycles. The molecule has 5 nitrogen and oxygen atoms in total. The van der Waals surface area contributed by atoms with Gasteiger partial charge < -0.3 is 4.90 Å². The van der Waals surface area contributed by atoms with Crippen LogP contribution in [-0.4, -0.2) is 69.3 Å². The Hall–Kier alpha value is -1.61. The van der Waals surface area contributed by atoms with Crippen molar-refractivity contribution in [1.82, 2.24) is 9.80 Å². The minimum absolute atomic E-state index is 0.117. The maximum absolute atomic E-state index is 12.5. The number of carbonyl (C=O) groups excluding carboxylic acids is 1. The molecule has 1 saturated heterocycles. The quantitative estimate of drug-likeness (QED) is 0.821. The predicted molar refractivity (Wildman–Crippen MR) is 82.6 cm³/mol. The Morgan fingerprint density at radius 2 is 1.71 bits per heavy atom. The summed E-state index contributed by atoms with van der Waals surface area (Å²) in [4.78, 5) is 15.4. The molecule has 9 heteroatoms. The number of nitrogens with zero attached hydrogens (tertiary/aromatic N) is 2. The van der Waals surface area contributed by atoms with Crippen molar-refractivity contribution >= 4 is 15.7 Å². The van der Waals surface area contributed by atoms with Gasteiger partial charge in [0, 0.05) is 38.0 Å². The van der Waals surface area contributed by atoms with E-state index in [2.05, 4.69) is 0 Å². The Balaban J connectivity index is 2.02. The second-order valence-corrected chi connectivity index (χ2v) is 7.85. The second kappa shape index (κ2) is 7.10. The van der Waals surface area contributed by atoms with Crippen molar-refractivity contribution in [3.8, 4) is 0 Å². The van der Waals surface area contributed by atoms with Crippen LogP contribution in [0.25, 0.3) is 0 Å². The zero-order valence-electron chi connectivity index (χ0n) is 13.2. The standard InChI is InChI=1S/C15H19F3N2O3S/c1-24(22,23)13-5-3-12(4-6-13)14(21)20-8-2-7-19(9-10-20)11-15(16,17)18/h3-6H,2,7-11H2,1H3. The molecule has 2 rings (SSSR count). The molecule has 1 aromatic carbocycles. The van der Waals surface area contributed by atoms with Gasteiger partial charge in [-0.2, -0.15) is 13.2 Å². The van der Waals surface area contributed by atoms with E-state index < -0.39 is 22.6 Å². The molecule has 1 aliphatic rings. The molecule has 0 aromatic heterocycles. The van der Waals surface area contributed by atoms with Crippen LogP contribution in [0.1, 0.15) is 16.8 Å². The van der Waals surface area contributed by atoms with Crippen molar-refractivity contribution in [3.05, 3.63) is 29.8 Å². The number of hydrogen-bond acceptors (Lipinski definition) is 4. The molecule has 0 unspecified atom stereocenters. The first kappa shape index (κ1) is 18.7. The number of carbonyl (C=O) groups is 1. The fourth-order valence-corrected chi connectivity index (χ4v) is 3.24. The molecule has 1 aliphatic heterocycles. The number of sulfone groups is 1. The van der Waals surface area contributed by atoms with E-state index in [0.717, 1.165) is 6.26 Å². The summed E-state index contributed by atoms with van der Waals surface area (Å²) in [5.74, 6) is -0.302. The number of halogens is 3. The highest BCUT2D eigenvalue weighted by Gasteiger charge is 2.32. The number of benzene rings is 1. The van der Waals surface area contributed by atoms with E-state index in [1.165, 1.54) is 34.1 Å². The molecule has 0 radical (unpaired) electrons. The van der Waals surface area contributed by atoms with Gasteiger partial charge in [-0.05, 0) is 30.7 Å². The summed E-state index contributed by atoms with van der Waals surface area (Å²) >= 11 is 0. The van der Waals surface area contributed by atoms with Crippen molar-refractivity contribution in [2.24, 2.45) is 0 Å². The molecule has 1 amide bonds. The third kappa shape index (κ3) is 5.20. The summed E-state index contributed by atoms with van der Waals surface area (Å²) < 4.78 is 60.2. The largest absolute Gasteiger partial charge is 0.401 e. The van der Waals surface area contributed by atoms with Gasteiger partial charge in [0.15, 0.2) is 9.84 Å². The molecule has 1 fully saturated rings. The highest BCUT2D eigenvalue weighted by Crippen LogP contribution is 2.18. The van der Waals surface area contributed by atoms with E-state index >= 15 is 0 Å². The Morgan fingerprint density at radius 3 is 2.25 bits per heavy atom. The summed E-state index contributed by atoms with van der Waals surface area (Å²) in [7, 11) is -3.34. The molecular formula is C15H19F3N2O3S. The zero-order chi connectivity index (χ0) is 18.0. The molecule has 0 saturated carbocycles. The molecule has 0 spiro atoms. The summed E-state index contributed by atoms with van der Waals surface area (Å²) in [5.41, 5.74) is 0.326.